The number of halogens is 4. The van der Waals surface area contributed by atoms with Gasteiger partial charge in [0.25, 0.3) is 0 Å². The second-order valence-electron chi connectivity index (χ2n) is 3.52. The predicted molar refractivity (Wildman–Crippen MR) is 73.9 cm³/mol. The van der Waals surface area contributed by atoms with E-state index < -0.39 is 0 Å². The van der Waals surface area contributed by atoms with Crippen molar-refractivity contribution in [2.45, 2.75) is 13.8 Å². The molecule has 1 heterocycles. The molecule has 0 radical (unpaired) electrons. The van der Waals surface area contributed by atoms with Gasteiger partial charge in [-0.25, -0.2) is 0 Å². The normalized spacial score (nSPS) is 11.1. The van der Waals surface area contributed by atoms with E-state index in [1.165, 1.54) is 0 Å². The molecule has 84 valence electrons. The first kappa shape index (κ1) is 12.4. The summed E-state index contributed by atoms with van der Waals surface area (Å²) in [6.07, 6.45) is 0. The van der Waals surface area contributed by atoms with E-state index in [1.54, 1.807) is 0 Å². The number of hydrogen-bond donors (Lipinski definition) is 0. The van der Waals surface area contributed by atoms with Gasteiger partial charge < -0.3 is 0 Å². The first-order chi connectivity index (χ1) is 7.43. The van der Waals surface area contributed by atoms with Crippen LogP contribution in [-0.4, -0.2) is 4.98 Å². The minimum absolute atomic E-state index is 0.427. The fourth-order valence-electron chi connectivity index (χ4n) is 1.47. The van der Waals surface area contributed by atoms with E-state index in [0.29, 0.717) is 20.6 Å². The molecule has 1 aromatic heterocycles. The molecular formula is C11H7BrCl3N. The molecule has 0 aliphatic carbocycles. The highest BCUT2D eigenvalue weighted by Gasteiger charge is 2.14. The molecule has 0 N–H and O–H groups in total. The van der Waals surface area contributed by atoms with Gasteiger partial charge in [-0.05, 0) is 41.4 Å². The molecule has 1 nitrogen and oxygen atoms in total. The van der Waals surface area contributed by atoms with Crippen LogP contribution in [0.3, 0.4) is 0 Å². The monoisotopic (exact) mass is 337 g/mol. The number of hydrogen-bond acceptors (Lipinski definition) is 1. The molecule has 0 atom stereocenters. The van der Waals surface area contributed by atoms with Gasteiger partial charge in [-0.3, -0.25) is 4.98 Å². The van der Waals surface area contributed by atoms with Crippen molar-refractivity contribution in [1.82, 2.24) is 4.98 Å². The number of pyridine rings is 1. The maximum absolute atomic E-state index is 6.27. The molecule has 2 rings (SSSR count). The molecule has 0 saturated heterocycles. The summed E-state index contributed by atoms with van der Waals surface area (Å²) in [7, 11) is 0. The summed E-state index contributed by atoms with van der Waals surface area (Å²) in [5.41, 5.74) is 2.46. The lowest BCUT2D eigenvalue weighted by molar-refractivity contribution is 1.20. The molecule has 16 heavy (non-hydrogen) atoms. The van der Waals surface area contributed by atoms with Crippen LogP contribution in [0, 0.1) is 13.8 Å². The van der Waals surface area contributed by atoms with Crippen LogP contribution in [0.1, 0.15) is 11.3 Å². The van der Waals surface area contributed by atoms with Crippen molar-refractivity contribution in [3.8, 4) is 0 Å². The summed E-state index contributed by atoms with van der Waals surface area (Å²) < 4.78 is 0.721. The van der Waals surface area contributed by atoms with Crippen molar-refractivity contribution in [3.05, 3.63) is 36.9 Å². The number of aryl methyl sites for hydroxylation is 1. The highest BCUT2D eigenvalue weighted by atomic mass is 79.9. The Morgan fingerprint density at radius 2 is 1.69 bits per heavy atom. The second kappa shape index (κ2) is 4.34. The van der Waals surface area contributed by atoms with E-state index in [9.17, 15) is 0 Å². The van der Waals surface area contributed by atoms with Crippen LogP contribution in [0.4, 0.5) is 0 Å². The Morgan fingerprint density at radius 1 is 1.06 bits per heavy atom. The van der Waals surface area contributed by atoms with Crippen LogP contribution in [0.25, 0.3) is 10.9 Å². The van der Waals surface area contributed by atoms with E-state index >= 15 is 0 Å². The van der Waals surface area contributed by atoms with Gasteiger partial charge in [-0.15, -0.1) is 0 Å². The Balaban J connectivity index is 3.02. The molecule has 2 aromatic rings. The number of aromatic nitrogens is 1. The van der Waals surface area contributed by atoms with Crippen LogP contribution in [0.2, 0.25) is 15.1 Å². The molecule has 0 bridgehead atoms. The van der Waals surface area contributed by atoms with Gasteiger partial charge in [-0.2, -0.15) is 0 Å². The van der Waals surface area contributed by atoms with Gasteiger partial charge in [0.05, 0.1) is 20.6 Å². The molecule has 5 heteroatoms. The molecule has 0 amide bonds. The third-order valence-electron chi connectivity index (χ3n) is 2.52. The molecular weight excluding hydrogens is 332 g/mol. The highest BCUT2D eigenvalue weighted by Crippen LogP contribution is 2.39. The van der Waals surface area contributed by atoms with Gasteiger partial charge in [0, 0.05) is 15.6 Å². The van der Waals surface area contributed by atoms with E-state index in [2.05, 4.69) is 20.9 Å². The van der Waals surface area contributed by atoms with Crippen molar-refractivity contribution >= 4 is 61.6 Å². The topological polar surface area (TPSA) is 12.9 Å². The minimum atomic E-state index is 0.427. The first-order valence-corrected chi connectivity index (χ1v) is 6.46. The van der Waals surface area contributed by atoms with E-state index in [1.807, 2.05) is 19.9 Å². The number of nitrogens with zero attached hydrogens (tertiary/aromatic N) is 1. The van der Waals surface area contributed by atoms with Crippen molar-refractivity contribution < 1.29 is 0 Å². The summed E-state index contributed by atoms with van der Waals surface area (Å²) in [5.74, 6) is 0. The smallest absolute Gasteiger partial charge is 0.0922 e. The summed E-state index contributed by atoms with van der Waals surface area (Å²) in [6, 6.07) is 1.84. The molecule has 0 aliphatic heterocycles. The Bertz CT molecular complexity index is 543. The zero-order valence-corrected chi connectivity index (χ0v) is 12.4. The number of benzene rings is 1. The maximum Gasteiger partial charge on any atom is 0.0922 e. The third-order valence-corrected chi connectivity index (χ3v) is 4.72. The van der Waals surface area contributed by atoms with Crippen LogP contribution in [0.15, 0.2) is 10.5 Å². The Hall–Kier alpha value is -0.0200. The fourth-order valence-corrected chi connectivity index (χ4v) is 2.69. The summed E-state index contributed by atoms with van der Waals surface area (Å²) in [4.78, 5) is 4.42. The van der Waals surface area contributed by atoms with Gasteiger partial charge in [0.15, 0.2) is 0 Å². The van der Waals surface area contributed by atoms with E-state index in [0.717, 1.165) is 21.1 Å². The minimum Gasteiger partial charge on any atom is -0.251 e. The summed E-state index contributed by atoms with van der Waals surface area (Å²) >= 11 is 21.8. The lowest BCUT2D eigenvalue weighted by atomic mass is 10.1. The molecule has 1 aromatic carbocycles. The second-order valence-corrected chi connectivity index (χ2v) is 5.51. The molecule has 0 spiro atoms. The van der Waals surface area contributed by atoms with Gasteiger partial charge in [-0.1, -0.05) is 34.8 Å². The molecule has 0 unspecified atom stereocenters. The van der Waals surface area contributed by atoms with Crippen LogP contribution < -0.4 is 0 Å². The zero-order chi connectivity index (χ0) is 12.0. The lowest BCUT2D eigenvalue weighted by Gasteiger charge is -2.10. The van der Waals surface area contributed by atoms with Crippen LogP contribution >= 0.6 is 50.7 Å². The standard InChI is InChI=1S/C11H7BrCl3N/c1-4-5(2)16-11-6(8(4)13)3-7(12)9(14)10(11)15/h3H,1-2H3. The van der Waals surface area contributed by atoms with E-state index in [4.69, 9.17) is 34.8 Å². The molecule has 0 fully saturated rings. The van der Waals surface area contributed by atoms with Gasteiger partial charge >= 0.3 is 0 Å². The van der Waals surface area contributed by atoms with Gasteiger partial charge in [0.1, 0.15) is 0 Å². The largest absolute Gasteiger partial charge is 0.251 e. The fraction of sp³-hybridized carbons (Fsp3) is 0.182. The van der Waals surface area contributed by atoms with Crippen molar-refractivity contribution in [2.24, 2.45) is 0 Å². The van der Waals surface area contributed by atoms with Crippen molar-refractivity contribution in [1.29, 1.82) is 0 Å². The Labute approximate surface area is 117 Å². The van der Waals surface area contributed by atoms with E-state index in [-0.39, 0.29) is 0 Å². The van der Waals surface area contributed by atoms with Gasteiger partial charge in [0.2, 0.25) is 0 Å². The molecule has 0 saturated carbocycles. The Kier molecular flexibility index (Phi) is 3.37. The van der Waals surface area contributed by atoms with Crippen molar-refractivity contribution in [3.63, 3.8) is 0 Å². The van der Waals surface area contributed by atoms with Crippen LogP contribution in [0.5, 0.6) is 0 Å². The van der Waals surface area contributed by atoms with Crippen LogP contribution in [-0.2, 0) is 0 Å². The summed E-state index contributed by atoms with van der Waals surface area (Å²) in [5, 5.41) is 2.37. The third kappa shape index (κ3) is 1.82. The maximum atomic E-state index is 6.27. The quantitative estimate of drug-likeness (QED) is 0.571. The number of rotatable bonds is 0. The van der Waals surface area contributed by atoms with Crippen molar-refractivity contribution in [2.75, 3.05) is 0 Å². The zero-order valence-electron chi connectivity index (χ0n) is 8.54. The number of fused-ring (bicyclic) bond motifs is 1. The highest BCUT2D eigenvalue weighted by molar-refractivity contribution is 9.10. The average molecular weight is 339 g/mol. The Morgan fingerprint density at radius 3 is 2.31 bits per heavy atom. The predicted octanol–water partition coefficient (Wildman–Crippen LogP) is 5.57. The first-order valence-electron chi connectivity index (χ1n) is 4.53. The SMILES string of the molecule is Cc1nc2c(Cl)c(Cl)c(Br)cc2c(Cl)c1C. The summed E-state index contributed by atoms with van der Waals surface area (Å²) in [6.45, 7) is 3.83. The lowest BCUT2D eigenvalue weighted by Crippen LogP contribution is -1.92. The molecule has 0 aliphatic rings. The average Bonchev–Trinajstić information content (AvgIpc) is 2.25.